The van der Waals surface area contributed by atoms with Crippen LogP contribution >= 0.6 is 0 Å². The van der Waals surface area contributed by atoms with Crippen LogP contribution in [0.5, 0.6) is 5.75 Å². The molecule has 4 heteroatoms. The quantitative estimate of drug-likeness (QED) is 0.802. The molecule has 0 atom stereocenters. The van der Waals surface area contributed by atoms with E-state index in [0.29, 0.717) is 13.0 Å². The monoisotopic (exact) mass is 272 g/mol. The van der Waals surface area contributed by atoms with Gasteiger partial charge in [0.1, 0.15) is 12.4 Å². The standard InChI is InChI=1S/C16H20N2O2/c1-3-18(10-5-9-17)13-15-12-16(20-2)8-7-14(15)6-4-11-19/h7-8,12,19H,3,5,10-11,13H2,1-2H3. The maximum absolute atomic E-state index is 8.82. The Morgan fingerprint density at radius 3 is 2.80 bits per heavy atom. The fourth-order valence-electron chi connectivity index (χ4n) is 1.88. The summed E-state index contributed by atoms with van der Waals surface area (Å²) in [6, 6.07) is 7.87. The minimum atomic E-state index is -0.155. The number of benzene rings is 1. The van der Waals surface area contributed by atoms with E-state index in [1.807, 2.05) is 18.2 Å². The predicted molar refractivity (Wildman–Crippen MR) is 78.1 cm³/mol. The Labute approximate surface area is 120 Å². The van der Waals surface area contributed by atoms with Crippen molar-refractivity contribution in [2.45, 2.75) is 19.9 Å². The average Bonchev–Trinajstić information content (AvgIpc) is 2.49. The predicted octanol–water partition coefficient (Wildman–Crippen LogP) is 1.77. The lowest BCUT2D eigenvalue weighted by Gasteiger charge is -2.20. The molecule has 1 N–H and O–H groups in total. The largest absolute Gasteiger partial charge is 0.497 e. The molecule has 0 amide bonds. The van der Waals surface area contributed by atoms with Gasteiger partial charge in [0.25, 0.3) is 0 Å². The Morgan fingerprint density at radius 2 is 2.20 bits per heavy atom. The summed E-state index contributed by atoms with van der Waals surface area (Å²) >= 11 is 0. The summed E-state index contributed by atoms with van der Waals surface area (Å²) in [4.78, 5) is 2.18. The third-order valence-corrected chi connectivity index (χ3v) is 3.00. The molecule has 20 heavy (non-hydrogen) atoms. The molecule has 1 aromatic carbocycles. The van der Waals surface area contributed by atoms with Gasteiger partial charge in [-0.1, -0.05) is 18.8 Å². The van der Waals surface area contributed by atoms with Gasteiger partial charge in [0.2, 0.25) is 0 Å². The van der Waals surface area contributed by atoms with Crippen molar-refractivity contribution < 1.29 is 9.84 Å². The Hall–Kier alpha value is -2.01. The van der Waals surface area contributed by atoms with E-state index >= 15 is 0 Å². The first-order chi connectivity index (χ1) is 9.74. The number of nitriles is 1. The molecule has 1 rings (SSSR count). The minimum Gasteiger partial charge on any atom is -0.497 e. The van der Waals surface area contributed by atoms with Gasteiger partial charge < -0.3 is 9.84 Å². The molecule has 0 aliphatic rings. The van der Waals surface area contributed by atoms with E-state index in [2.05, 4.69) is 29.7 Å². The summed E-state index contributed by atoms with van der Waals surface area (Å²) in [6.45, 7) is 4.22. The Bertz CT molecular complexity index is 524. The zero-order chi connectivity index (χ0) is 14.8. The maximum atomic E-state index is 8.82. The van der Waals surface area contributed by atoms with Crippen molar-refractivity contribution in [2.75, 3.05) is 26.8 Å². The molecule has 0 aliphatic carbocycles. The number of hydrogen-bond acceptors (Lipinski definition) is 4. The lowest BCUT2D eigenvalue weighted by molar-refractivity contribution is 0.286. The molecule has 0 spiro atoms. The molecule has 4 nitrogen and oxygen atoms in total. The van der Waals surface area contributed by atoms with Crippen LogP contribution in [0.3, 0.4) is 0 Å². The highest BCUT2D eigenvalue weighted by atomic mass is 16.5. The molecular weight excluding hydrogens is 252 g/mol. The lowest BCUT2D eigenvalue weighted by Crippen LogP contribution is -2.24. The zero-order valence-corrected chi connectivity index (χ0v) is 12.0. The molecule has 0 saturated carbocycles. The van der Waals surface area contributed by atoms with E-state index in [1.165, 1.54) is 0 Å². The second-order valence-electron chi connectivity index (χ2n) is 4.26. The minimum absolute atomic E-state index is 0.155. The molecule has 0 unspecified atom stereocenters. The van der Waals surface area contributed by atoms with Crippen molar-refractivity contribution in [3.05, 3.63) is 29.3 Å². The molecule has 0 heterocycles. The van der Waals surface area contributed by atoms with Gasteiger partial charge in [0.05, 0.1) is 13.2 Å². The Kier molecular flexibility index (Phi) is 7.21. The summed E-state index contributed by atoms with van der Waals surface area (Å²) in [5.41, 5.74) is 1.93. The van der Waals surface area contributed by atoms with Crippen molar-refractivity contribution in [3.8, 4) is 23.7 Å². The van der Waals surface area contributed by atoms with Gasteiger partial charge >= 0.3 is 0 Å². The number of ether oxygens (including phenoxy) is 1. The van der Waals surface area contributed by atoms with Crippen molar-refractivity contribution in [2.24, 2.45) is 0 Å². The van der Waals surface area contributed by atoms with Gasteiger partial charge in [-0.3, -0.25) is 4.90 Å². The fraction of sp³-hybridized carbons (Fsp3) is 0.438. The molecule has 0 bridgehead atoms. The van der Waals surface area contributed by atoms with Gasteiger partial charge in [0, 0.05) is 25.1 Å². The normalized spacial score (nSPS) is 9.75. The maximum Gasteiger partial charge on any atom is 0.119 e. The van der Waals surface area contributed by atoms with E-state index < -0.39 is 0 Å². The van der Waals surface area contributed by atoms with Crippen LogP contribution in [0.2, 0.25) is 0 Å². The van der Waals surface area contributed by atoms with E-state index in [-0.39, 0.29) is 6.61 Å². The van der Waals surface area contributed by atoms with E-state index in [9.17, 15) is 0 Å². The van der Waals surface area contributed by atoms with Crippen LogP contribution in [-0.4, -0.2) is 36.8 Å². The molecule has 0 aliphatic heterocycles. The smallest absolute Gasteiger partial charge is 0.119 e. The molecule has 1 aromatic rings. The van der Waals surface area contributed by atoms with Gasteiger partial charge in [-0.05, 0) is 30.3 Å². The highest BCUT2D eigenvalue weighted by Gasteiger charge is 2.08. The van der Waals surface area contributed by atoms with Crippen LogP contribution in [-0.2, 0) is 6.54 Å². The van der Waals surface area contributed by atoms with Gasteiger partial charge in [-0.25, -0.2) is 0 Å². The Balaban J connectivity index is 2.96. The molecule has 0 aromatic heterocycles. The molecule has 0 fully saturated rings. The summed E-state index contributed by atoms with van der Waals surface area (Å²) in [7, 11) is 1.63. The molecule has 106 valence electrons. The first-order valence-electron chi connectivity index (χ1n) is 6.61. The third kappa shape index (κ3) is 4.93. The van der Waals surface area contributed by atoms with Crippen LogP contribution in [0.4, 0.5) is 0 Å². The van der Waals surface area contributed by atoms with Crippen LogP contribution < -0.4 is 4.74 Å². The number of nitrogens with zero attached hydrogens (tertiary/aromatic N) is 2. The number of aliphatic hydroxyl groups excluding tert-OH is 1. The number of rotatable bonds is 6. The van der Waals surface area contributed by atoms with Crippen LogP contribution in [0, 0.1) is 23.2 Å². The highest BCUT2D eigenvalue weighted by molar-refractivity contribution is 5.45. The van der Waals surface area contributed by atoms with E-state index in [1.54, 1.807) is 7.11 Å². The van der Waals surface area contributed by atoms with Gasteiger partial charge in [-0.2, -0.15) is 5.26 Å². The molecular formula is C16H20N2O2. The average molecular weight is 272 g/mol. The number of aliphatic hydroxyl groups is 1. The van der Waals surface area contributed by atoms with Crippen molar-refractivity contribution in [1.29, 1.82) is 5.26 Å². The number of hydrogen-bond donors (Lipinski definition) is 1. The summed E-state index contributed by atoms with van der Waals surface area (Å²) in [5.74, 6) is 6.41. The SMILES string of the molecule is CCN(CCC#N)Cc1cc(OC)ccc1C#CCO. The summed E-state index contributed by atoms with van der Waals surface area (Å²) in [5, 5.41) is 17.5. The van der Waals surface area contributed by atoms with Crippen LogP contribution in [0.25, 0.3) is 0 Å². The topological polar surface area (TPSA) is 56.5 Å². The Morgan fingerprint density at radius 1 is 1.40 bits per heavy atom. The molecule has 0 radical (unpaired) electrons. The van der Waals surface area contributed by atoms with Crippen LogP contribution in [0.15, 0.2) is 18.2 Å². The van der Waals surface area contributed by atoms with Crippen LogP contribution in [0.1, 0.15) is 24.5 Å². The molecule has 0 saturated heterocycles. The summed E-state index contributed by atoms with van der Waals surface area (Å²) in [6.07, 6.45) is 0.509. The first-order valence-corrected chi connectivity index (χ1v) is 6.61. The highest BCUT2D eigenvalue weighted by Crippen LogP contribution is 2.19. The zero-order valence-electron chi connectivity index (χ0n) is 12.0. The van der Waals surface area contributed by atoms with Crippen molar-refractivity contribution in [3.63, 3.8) is 0 Å². The second kappa shape index (κ2) is 8.98. The van der Waals surface area contributed by atoms with Crippen molar-refractivity contribution in [1.82, 2.24) is 4.90 Å². The van der Waals surface area contributed by atoms with E-state index in [4.69, 9.17) is 15.1 Å². The number of methoxy groups -OCH3 is 1. The summed E-state index contributed by atoms with van der Waals surface area (Å²) < 4.78 is 5.24. The van der Waals surface area contributed by atoms with Crippen molar-refractivity contribution >= 4 is 0 Å². The van der Waals surface area contributed by atoms with Gasteiger partial charge in [-0.15, -0.1) is 0 Å². The first kappa shape index (κ1) is 16.0. The fourth-order valence-corrected chi connectivity index (χ4v) is 1.88. The van der Waals surface area contributed by atoms with E-state index in [0.717, 1.165) is 30.0 Å². The second-order valence-corrected chi connectivity index (χ2v) is 4.26. The van der Waals surface area contributed by atoms with Gasteiger partial charge in [0.15, 0.2) is 0 Å². The lowest BCUT2D eigenvalue weighted by atomic mass is 10.1. The third-order valence-electron chi connectivity index (χ3n) is 3.00.